The summed E-state index contributed by atoms with van der Waals surface area (Å²) in [4.78, 5) is 43.2. The number of ether oxygens (including phenoxy) is 2. The number of carbonyl (C=O) groups is 2. The number of carbonyl (C=O) groups excluding carboxylic acids is 2. The van der Waals surface area contributed by atoms with Crippen LogP contribution in [0.5, 0.6) is 0 Å². The van der Waals surface area contributed by atoms with E-state index in [4.69, 9.17) is 24.5 Å². The molecule has 0 aromatic carbocycles. The monoisotopic (exact) mass is 622 g/mol. The van der Waals surface area contributed by atoms with Crippen LogP contribution in [0.3, 0.4) is 0 Å². The topological polar surface area (TPSA) is 126 Å². The lowest BCUT2D eigenvalue weighted by Gasteiger charge is -2.10. The lowest BCUT2D eigenvalue weighted by atomic mass is 9.92. The van der Waals surface area contributed by atoms with Crippen molar-refractivity contribution < 1.29 is 24.2 Å². The maximum atomic E-state index is 12.2. The summed E-state index contributed by atoms with van der Waals surface area (Å²) in [5, 5.41) is 10.7. The minimum atomic E-state index is -0.292. The van der Waals surface area contributed by atoms with Gasteiger partial charge in [-0.25, -0.2) is 15.0 Å². The maximum absolute atomic E-state index is 12.2. The van der Waals surface area contributed by atoms with Crippen LogP contribution in [-0.4, -0.2) is 53.4 Å². The highest BCUT2D eigenvalue weighted by atomic mass is 16.5. The van der Waals surface area contributed by atoms with E-state index in [1.54, 1.807) is 0 Å². The smallest absolute Gasteiger partial charge is 0.305 e. The Morgan fingerprint density at radius 2 is 1.35 bits per heavy atom. The number of nitrogens with one attached hydrogen (secondary N) is 1. The quantitative estimate of drug-likeness (QED) is 0.229. The molecule has 9 heteroatoms. The number of fused-ring (bicyclic) bond motifs is 5. The number of methoxy groups -OCH3 is 2. The molecule has 46 heavy (non-hydrogen) atoms. The Kier molecular flexibility index (Phi) is 9.42. The van der Waals surface area contributed by atoms with Gasteiger partial charge in [0.15, 0.2) is 0 Å². The Labute approximate surface area is 270 Å². The van der Waals surface area contributed by atoms with E-state index in [-0.39, 0.29) is 24.8 Å². The van der Waals surface area contributed by atoms with Crippen molar-refractivity contribution in [1.29, 1.82) is 0 Å². The number of hydrogen-bond donors (Lipinski definition) is 2. The second kappa shape index (κ2) is 13.3. The first-order valence-electron chi connectivity index (χ1n) is 15.8. The molecule has 0 amide bonds. The SMILES string of the molecule is CCC1=C(C)C2=NC1=Cc1[nH]c(c(CCC(=O)OC)c1C)C=C1N=C(C=C3N=C(C(CC)=C3C)/C2=C/O)C(C)=C1CCC(=O)OC. The third-order valence-electron chi connectivity index (χ3n) is 9.34. The molecule has 5 heterocycles. The molecule has 0 fully saturated rings. The van der Waals surface area contributed by atoms with Crippen LogP contribution in [0.1, 0.15) is 89.2 Å². The molecule has 9 nitrogen and oxygen atoms in total. The minimum absolute atomic E-state index is 0.216. The lowest BCUT2D eigenvalue weighted by molar-refractivity contribution is -0.141. The zero-order chi connectivity index (χ0) is 33.3. The van der Waals surface area contributed by atoms with Gasteiger partial charge >= 0.3 is 11.9 Å². The third-order valence-corrected chi connectivity index (χ3v) is 9.34. The van der Waals surface area contributed by atoms with Crippen LogP contribution >= 0.6 is 0 Å². The molecule has 240 valence electrons. The molecule has 4 aliphatic heterocycles. The average Bonchev–Trinajstić information content (AvgIpc) is 3.72. The van der Waals surface area contributed by atoms with Gasteiger partial charge in [0.1, 0.15) is 0 Å². The normalized spacial score (nSPS) is 18.5. The van der Waals surface area contributed by atoms with Crippen molar-refractivity contribution in [2.45, 2.75) is 80.1 Å². The van der Waals surface area contributed by atoms with Crippen molar-refractivity contribution in [3.05, 3.63) is 91.0 Å². The zero-order valence-electron chi connectivity index (χ0n) is 28.0. The third kappa shape index (κ3) is 5.82. The van der Waals surface area contributed by atoms with E-state index in [9.17, 15) is 14.7 Å². The van der Waals surface area contributed by atoms with Gasteiger partial charge in [0.05, 0.1) is 60.3 Å². The van der Waals surface area contributed by atoms with Gasteiger partial charge in [-0.05, 0) is 116 Å². The second-order valence-corrected chi connectivity index (χ2v) is 11.8. The summed E-state index contributed by atoms with van der Waals surface area (Å²) in [7, 11) is 2.79. The van der Waals surface area contributed by atoms with E-state index in [1.165, 1.54) is 14.2 Å². The molecule has 4 aliphatic rings. The molecule has 8 bridgehead atoms. The van der Waals surface area contributed by atoms with E-state index in [0.29, 0.717) is 29.8 Å². The van der Waals surface area contributed by atoms with Crippen molar-refractivity contribution in [3.8, 4) is 0 Å². The highest BCUT2D eigenvalue weighted by Gasteiger charge is 2.31. The Bertz CT molecular complexity index is 1850. The average molecular weight is 623 g/mol. The van der Waals surface area contributed by atoms with Crippen molar-refractivity contribution in [2.24, 2.45) is 15.0 Å². The van der Waals surface area contributed by atoms with Crippen LogP contribution in [0.4, 0.5) is 0 Å². The van der Waals surface area contributed by atoms with Crippen LogP contribution in [0, 0.1) is 6.92 Å². The molecule has 0 saturated carbocycles. The van der Waals surface area contributed by atoms with Crippen LogP contribution in [0.2, 0.25) is 0 Å². The Hall–Kier alpha value is -4.79. The van der Waals surface area contributed by atoms with Gasteiger partial charge in [0, 0.05) is 24.2 Å². The van der Waals surface area contributed by atoms with Gasteiger partial charge in [-0.1, -0.05) is 13.8 Å². The summed E-state index contributed by atoms with van der Waals surface area (Å²) in [5.74, 6) is -0.578. The molecule has 0 unspecified atom stereocenters. The van der Waals surface area contributed by atoms with E-state index >= 15 is 0 Å². The summed E-state index contributed by atoms with van der Waals surface area (Å²) >= 11 is 0. The molecule has 0 aliphatic carbocycles. The summed E-state index contributed by atoms with van der Waals surface area (Å²) < 4.78 is 9.91. The van der Waals surface area contributed by atoms with Crippen LogP contribution < -0.4 is 0 Å². The number of aliphatic hydroxyl groups excluding tert-OH is 1. The van der Waals surface area contributed by atoms with Crippen molar-refractivity contribution >= 4 is 41.2 Å². The van der Waals surface area contributed by atoms with Crippen molar-refractivity contribution in [1.82, 2.24) is 4.98 Å². The van der Waals surface area contributed by atoms with Gasteiger partial charge in [-0.3, -0.25) is 9.59 Å². The van der Waals surface area contributed by atoms with Gasteiger partial charge in [-0.15, -0.1) is 0 Å². The summed E-state index contributed by atoms with van der Waals surface area (Å²) in [5.41, 5.74) is 14.8. The second-order valence-electron chi connectivity index (χ2n) is 11.8. The van der Waals surface area contributed by atoms with E-state index in [0.717, 1.165) is 97.9 Å². The predicted molar refractivity (Wildman–Crippen MR) is 183 cm³/mol. The summed E-state index contributed by atoms with van der Waals surface area (Å²) in [6.45, 7) is 12.3. The van der Waals surface area contributed by atoms with Gasteiger partial charge in [0.25, 0.3) is 0 Å². The number of aliphatic hydroxyl groups is 1. The molecule has 0 atom stereocenters. The number of nitrogens with zero attached hydrogens (tertiary/aromatic N) is 3. The van der Waals surface area contributed by atoms with E-state index in [2.05, 4.69) is 18.8 Å². The number of allylic oxidation sites excluding steroid dienone is 8. The maximum Gasteiger partial charge on any atom is 0.305 e. The lowest BCUT2D eigenvalue weighted by Crippen LogP contribution is -2.14. The first-order valence-corrected chi connectivity index (χ1v) is 15.8. The first kappa shape index (κ1) is 32.6. The van der Waals surface area contributed by atoms with Crippen molar-refractivity contribution in [3.63, 3.8) is 0 Å². The van der Waals surface area contributed by atoms with E-state index < -0.39 is 0 Å². The largest absolute Gasteiger partial charge is 0.515 e. The molecule has 0 saturated heterocycles. The Morgan fingerprint density at radius 3 is 1.98 bits per heavy atom. The molecule has 1 aromatic rings. The van der Waals surface area contributed by atoms with Gasteiger partial charge in [0.2, 0.25) is 0 Å². The molecular weight excluding hydrogens is 580 g/mol. The zero-order valence-corrected chi connectivity index (χ0v) is 28.0. The summed E-state index contributed by atoms with van der Waals surface area (Å²) in [6, 6.07) is 0. The fourth-order valence-corrected chi connectivity index (χ4v) is 6.60. The number of hydrogen-bond acceptors (Lipinski definition) is 8. The van der Waals surface area contributed by atoms with Crippen LogP contribution in [0.25, 0.3) is 12.2 Å². The standard InChI is InChI=1S/C37H42N4O5/c1-9-23-22(6)36-27(18-42)37-24(10-2)19(3)30(40-37)15-28-20(4)25(11-13-34(43)45-7)32(38-28)17-33-26(12-14-35(44)46-8)21(5)29(39-33)16-31(23)41-36/h15-18,39,42H,9-14H2,1-8H3/b27-18+,30-15?,31-16?,32-17?. The van der Waals surface area contributed by atoms with Crippen LogP contribution in [0.15, 0.2) is 83.4 Å². The molecule has 0 spiro atoms. The number of esters is 2. The van der Waals surface area contributed by atoms with Crippen molar-refractivity contribution in [2.75, 3.05) is 14.2 Å². The molecular formula is C37H42N4O5. The molecule has 2 N–H and O–H groups in total. The fourth-order valence-electron chi connectivity index (χ4n) is 6.60. The fraction of sp³-hybridized carbons (Fsp3) is 0.378. The number of H-pyrrole nitrogens is 1. The number of rotatable bonds is 8. The Balaban J connectivity index is 1.81. The number of aromatic nitrogens is 1. The predicted octanol–water partition coefficient (Wildman–Crippen LogP) is 7.54. The number of aromatic amines is 1. The number of aliphatic imine (C=N–C) groups is 3. The molecule has 0 radical (unpaired) electrons. The van der Waals surface area contributed by atoms with Crippen LogP contribution in [-0.2, 0) is 25.5 Å². The Morgan fingerprint density at radius 1 is 0.739 bits per heavy atom. The molecule has 1 aromatic heterocycles. The highest BCUT2D eigenvalue weighted by molar-refractivity contribution is 6.36. The molecule has 5 rings (SSSR count). The van der Waals surface area contributed by atoms with E-state index in [1.807, 2.05) is 45.9 Å². The van der Waals surface area contributed by atoms with Gasteiger partial charge in [-0.2, -0.15) is 0 Å². The highest BCUT2D eigenvalue weighted by Crippen LogP contribution is 2.39. The van der Waals surface area contributed by atoms with Gasteiger partial charge < -0.3 is 19.6 Å². The minimum Gasteiger partial charge on any atom is -0.515 e. The summed E-state index contributed by atoms with van der Waals surface area (Å²) in [6.07, 6.45) is 10.0. The first-order chi connectivity index (χ1) is 22.1.